The molecule has 2 N–H and O–H groups in total. The van der Waals surface area contributed by atoms with Gasteiger partial charge >= 0.3 is 0 Å². The van der Waals surface area contributed by atoms with E-state index in [1.165, 1.54) is 24.0 Å². The number of hydrogen-bond acceptors (Lipinski definition) is 2. The molecule has 2 fully saturated rings. The third-order valence-electron chi connectivity index (χ3n) is 7.25. The molecular formula is C21H28O2. The summed E-state index contributed by atoms with van der Waals surface area (Å²) in [5.41, 5.74) is 2.88. The van der Waals surface area contributed by atoms with Gasteiger partial charge in [-0.05, 0) is 90.9 Å². The van der Waals surface area contributed by atoms with Gasteiger partial charge in [-0.3, -0.25) is 0 Å². The van der Waals surface area contributed by atoms with Gasteiger partial charge in [0.2, 0.25) is 0 Å². The van der Waals surface area contributed by atoms with Gasteiger partial charge in [0.15, 0.2) is 0 Å². The van der Waals surface area contributed by atoms with Crippen LogP contribution in [0.3, 0.4) is 0 Å². The van der Waals surface area contributed by atoms with Crippen LogP contribution >= 0.6 is 0 Å². The van der Waals surface area contributed by atoms with Crippen LogP contribution < -0.4 is 0 Å². The van der Waals surface area contributed by atoms with E-state index in [0.717, 1.165) is 25.7 Å². The van der Waals surface area contributed by atoms with Gasteiger partial charge in [-0.25, -0.2) is 0 Å². The van der Waals surface area contributed by atoms with Crippen molar-refractivity contribution in [1.29, 1.82) is 0 Å². The van der Waals surface area contributed by atoms with Crippen LogP contribution in [0.25, 0.3) is 0 Å². The number of rotatable bonds is 2. The van der Waals surface area contributed by atoms with E-state index in [4.69, 9.17) is 0 Å². The SMILES string of the molecule is C=CC[C@H]1C[C@]2(C)[C@@H](O)CC[C@H]2[C@@H]2CCc3cc(O)ccc3[C@@H]12. The third-order valence-corrected chi connectivity index (χ3v) is 7.25. The summed E-state index contributed by atoms with van der Waals surface area (Å²) in [7, 11) is 0. The van der Waals surface area contributed by atoms with Crippen molar-refractivity contribution in [3.8, 4) is 5.75 Å². The van der Waals surface area contributed by atoms with Crippen molar-refractivity contribution < 1.29 is 10.2 Å². The molecule has 0 bridgehead atoms. The lowest BCUT2D eigenvalue weighted by atomic mass is 9.51. The standard InChI is InChI=1S/C21H28O2/c1-3-4-14-12-21(2)18(9-10-19(21)23)17-7-5-13-11-15(22)6-8-16(13)20(14)17/h3,6,8,11,14,17-20,22-23H,1,4-5,7,9-10,12H2,2H3/t14-,17-,18-,19-,20+,21-/m0/s1. The zero-order valence-corrected chi connectivity index (χ0v) is 14.0. The maximum Gasteiger partial charge on any atom is 0.115 e. The van der Waals surface area contributed by atoms with Crippen LogP contribution in [-0.2, 0) is 6.42 Å². The van der Waals surface area contributed by atoms with Gasteiger partial charge in [0.25, 0.3) is 0 Å². The molecule has 0 amide bonds. The Balaban J connectivity index is 1.78. The minimum atomic E-state index is -0.137. The minimum Gasteiger partial charge on any atom is -0.508 e. The molecule has 0 aromatic heterocycles. The van der Waals surface area contributed by atoms with Crippen LogP contribution in [0.5, 0.6) is 5.75 Å². The Bertz CT molecular complexity index is 622. The molecule has 23 heavy (non-hydrogen) atoms. The lowest BCUT2D eigenvalue weighted by Gasteiger charge is -2.53. The van der Waals surface area contributed by atoms with Crippen molar-refractivity contribution in [2.24, 2.45) is 23.2 Å². The molecule has 0 radical (unpaired) electrons. The van der Waals surface area contributed by atoms with Gasteiger partial charge in [0, 0.05) is 0 Å². The maximum atomic E-state index is 10.6. The van der Waals surface area contributed by atoms with Gasteiger partial charge in [-0.15, -0.1) is 6.58 Å². The first-order chi connectivity index (χ1) is 11.0. The summed E-state index contributed by atoms with van der Waals surface area (Å²) in [4.78, 5) is 0. The van der Waals surface area contributed by atoms with Gasteiger partial charge in [-0.1, -0.05) is 19.1 Å². The summed E-state index contributed by atoms with van der Waals surface area (Å²) in [5.74, 6) is 2.84. The molecular weight excluding hydrogens is 284 g/mol. The Morgan fingerprint density at radius 2 is 2.13 bits per heavy atom. The molecule has 0 spiro atoms. The van der Waals surface area contributed by atoms with Gasteiger partial charge < -0.3 is 10.2 Å². The smallest absolute Gasteiger partial charge is 0.115 e. The number of aliphatic hydroxyl groups is 1. The summed E-state index contributed by atoms with van der Waals surface area (Å²) in [6.07, 6.45) is 8.45. The molecule has 0 aliphatic heterocycles. The number of phenols is 1. The second-order valence-electron chi connectivity index (χ2n) is 8.31. The first kappa shape index (κ1) is 15.3. The number of hydrogen-bond donors (Lipinski definition) is 2. The largest absolute Gasteiger partial charge is 0.508 e. The molecule has 3 aliphatic rings. The topological polar surface area (TPSA) is 40.5 Å². The van der Waals surface area contributed by atoms with Crippen molar-refractivity contribution in [2.45, 2.75) is 57.5 Å². The van der Waals surface area contributed by atoms with E-state index in [2.05, 4.69) is 25.6 Å². The summed E-state index contributed by atoms with van der Waals surface area (Å²) in [6, 6.07) is 5.98. The van der Waals surface area contributed by atoms with Crippen molar-refractivity contribution in [3.63, 3.8) is 0 Å². The van der Waals surface area contributed by atoms with Crippen molar-refractivity contribution in [2.75, 3.05) is 0 Å². The van der Waals surface area contributed by atoms with Crippen LogP contribution in [0.2, 0.25) is 0 Å². The molecule has 1 aromatic rings. The van der Waals surface area contributed by atoms with Crippen molar-refractivity contribution in [1.82, 2.24) is 0 Å². The first-order valence-electron chi connectivity index (χ1n) is 9.15. The van der Waals surface area contributed by atoms with Gasteiger partial charge in [0.05, 0.1) is 6.10 Å². The second kappa shape index (κ2) is 5.37. The Labute approximate surface area is 139 Å². The monoisotopic (exact) mass is 312 g/mol. The number of benzene rings is 1. The van der Waals surface area contributed by atoms with E-state index in [1.807, 2.05) is 12.1 Å². The molecule has 2 heteroatoms. The number of allylic oxidation sites excluding steroid dienone is 1. The van der Waals surface area contributed by atoms with Crippen LogP contribution in [0, 0.1) is 23.2 Å². The predicted octanol–water partition coefficient (Wildman–Crippen LogP) is 4.41. The summed E-state index contributed by atoms with van der Waals surface area (Å²) in [6.45, 7) is 6.31. The first-order valence-corrected chi connectivity index (χ1v) is 9.15. The molecule has 6 atom stereocenters. The fourth-order valence-corrected chi connectivity index (χ4v) is 6.29. The number of aliphatic hydroxyl groups excluding tert-OH is 1. The van der Waals surface area contributed by atoms with E-state index in [-0.39, 0.29) is 11.5 Å². The predicted molar refractivity (Wildman–Crippen MR) is 92.4 cm³/mol. The zero-order valence-electron chi connectivity index (χ0n) is 14.0. The normalized spacial score (nSPS) is 41.7. The summed E-state index contributed by atoms with van der Waals surface area (Å²) >= 11 is 0. The maximum absolute atomic E-state index is 10.6. The van der Waals surface area contributed by atoms with Crippen molar-refractivity contribution in [3.05, 3.63) is 42.0 Å². The lowest BCUT2D eigenvalue weighted by molar-refractivity contribution is -0.0473. The third kappa shape index (κ3) is 2.18. The van der Waals surface area contributed by atoms with E-state index >= 15 is 0 Å². The van der Waals surface area contributed by atoms with E-state index in [9.17, 15) is 10.2 Å². The molecule has 0 unspecified atom stereocenters. The molecule has 124 valence electrons. The van der Waals surface area contributed by atoms with E-state index in [0.29, 0.717) is 29.4 Å². The van der Waals surface area contributed by atoms with Crippen LogP contribution in [0.4, 0.5) is 0 Å². The number of fused-ring (bicyclic) bond motifs is 5. The minimum absolute atomic E-state index is 0.0866. The summed E-state index contributed by atoms with van der Waals surface area (Å²) in [5, 5.41) is 20.5. The highest BCUT2D eigenvalue weighted by Crippen LogP contribution is 2.63. The molecule has 2 saturated carbocycles. The molecule has 2 nitrogen and oxygen atoms in total. The average Bonchev–Trinajstić information content (AvgIpc) is 2.82. The highest BCUT2D eigenvalue weighted by molar-refractivity contribution is 5.40. The number of aryl methyl sites for hydroxylation is 1. The Kier molecular flexibility index (Phi) is 3.57. The fraction of sp³-hybridized carbons (Fsp3) is 0.619. The summed E-state index contributed by atoms with van der Waals surface area (Å²) < 4.78 is 0. The Hall–Kier alpha value is -1.28. The van der Waals surface area contributed by atoms with Crippen molar-refractivity contribution >= 4 is 0 Å². The van der Waals surface area contributed by atoms with E-state index < -0.39 is 0 Å². The average molecular weight is 312 g/mol. The lowest BCUT2D eigenvalue weighted by Crippen LogP contribution is -2.47. The van der Waals surface area contributed by atoms with Crippen LogP contribution in [-0.4, -0.2) is 16.3 Å². The molecule has 0 heterocycles. The van der Waals surface area contributed by atoms with Gasteiger partial charge in [-0.2, -0.15) is 0 Å². The second-order valence-corrected chi connectivity index (χ2v) is 8.31. The quantitative estimate of drug-likeness (QED) is 0.794. The van der Waals surface area contributed by atoms with E-state index in [1.54, 1.807) is 0 Å². The van der Waals surface area contributed by atoms with Gasteiger partial charge in [0.1, 0.15) is 5.75 Å². The highest BCUT2D eigenvalue weighted by Gasteiger charge is 2.57. The Morgan fingerprint density at radius 3 is 2.91 bits per heavy atom. The molecule has 0 saturated heterocycles. The Morgan fingerprint density at radius 1 is 1.30 bits per heavy atom. The van der Waals surface area contributed by atoms with Crippen LogP contribution in [0.15, 0.2) is 30.9 Å². The fourth-order valence-electron chi connectivity index (χ4n) is 6.29. The highest BCUT2D eigenvalue weighted by atomic mass is 16.3. The number of aromatic hydroxyl groups is 1. The molecule has 1 aromatic carbocycles. The zero-order chi connectivity index (χ0) is 16.2. The molecule has 4 rings (SSSR count). The number of phenolic OH excluding ortho intramolecular Hbond substituents is 1. The van der Waals surface area contributed by atoms with Crippen LogP contribution in [0.1, 0.15) is 56.1 Å². The molecule has 3 aliphatic carbocycles.